The van der Waals surface area contributed by atoms with Crippen molar-refractivity contribution in [3.8, 4) is 0 Å². The first-order chi connectivity index (χ1) is 5.34. The Bertz CT molecular complexity index is 274. The Balaban J connectivity index is 2.94. The zero-order valence-corrected chi connectivity index (χ0v) is 6.62. The number of pyridine rings is 1. The van der Waals surface area contributed by atoms with Crippen molar-refractivity contribution in [2.24, 2.45) is 0 Å². The molecule has 1 heterocycles. The first-order valence-electron chi connectivity index (χ1n) is 3.54. The summed E-state index contributed by atoms with van der Waals surface area (Å²) in [6, 6.07) is 1.99. The number of rotatable bonds is 2. The Kier molecular flexibility index (Phi) is 2.61. The molecule has 0 aliphatic carbocycles. The van der Waals surface area contributed by atoms with Gasteiger partial charge < -0.3 is 0 Å². The summed E-state index contributed by atoms with van der Waals surface area (Å²) in [5.74, 6) is 0. The van der Waals surface area contributed by atoms with Gasteiger partial charge in [-0.3, -0.25) is 4.98 Å². The fraction of sp³-hybridized carbons (Fsp3) is 0.100. The first-order valence-corrected chi connectivity index (χ1v) is 3.54. The Morgan fingerprint density at radius 2 is 2.36 bits per heavy atom. The fourth-order valence-corrected chi connectivity index (χ4v) is 0.822. The third-order valence-electron chi connectivity index (χ3n) is 1.49. The van der Waals surface area contributed by atoms with Crippen LogP contribution < -0.4 is 0 Å². The number of aryl methyl sites for hydroxylation is 1. The molecule has 1 heteroatoms. The summed E-state index contributed by atoms with van der Waals surface area (Å²) in [6.45, 7) is 5.66. The number of nitrogens with zero attached hydrogens (tertiary/aromatic N) is 1. The van der Waals surface area contributed by atoms with E-state index < -0.39 is 0 Å². The molecular formula is C10H11N. The predicted octanol–water partition coefficient (Wildman–Crippen LogP) is 2.59. The topological polar surface area (TPSA) is 12.9 Å². The minimum absolute atomic E-state index is 1.15. The molecule has 0 radical (unpaired) electrons. The standard InChI is InChI=1S/C10H11N/c1-3-4-5-10-8-11-7-6-9(10)2/h3-8H,1H2,2H3/b5-4-. The van der Waals surface area contributed by atoms with E-state index in [0.29, 0.717) is 0 Å². The lowest BCUT2D eigenvalue weighted by atomic mass is 10.1. The van der Waals surface area contributed by atoms with E-state index >= 15 is 0 Å². The lowest BCUT2D eigenvalue weighted by Gasteiger charge is -1.95. The minimum atomic E-state index is 1.15. The van der Waals surface area contributed by atoms with Gasteiger partial charge in [0.15, 0.2) is 0 Å². The van der Waals surface area contributed by atoms with Crippen LogP contribution in [-0.4, -0.2) is 4.98 Å². The molecule has 1 aromatic heterocycles. The lowest BCUT2D eigenvalue weighted by molar-refractivity contribution is 1.27. The maximum absolute atomic E-state index is 4.01. The molecule has 0 atom stereocenters. The molecule has 0 aromatic carbocycles. The van der Waals surface area contributed by atoms with E-state index in [1.54, 1.807) is 12.3 Å². The van der Waals surface area contributed by atoms with E-state index in [-0.39, 0.29) is 0 Å². The van der Waals surface area contributed by atoms with Gasteiger partial charge in [0.1, 0.15) is 0 Å². The first kappa shape index (κ1) is 7.73. The molecule has 0 unspecified atom stereocenters. The van der Waals surface area contributed by atoms with Gasteiger partial charge >= 0.3 is 0 Å². The Morgan fingerprint density at radius 1 is 1.55 bits per heavy atom. The molecule has 1 nitrogen and oxygen atoms in total. The van der Waals surface area contributed by atoms with Gasteiger partial charge in [-0.2, -0.15) is 0 Å². The van der Waals surface area contributed by atoms with Crippen molar-refractivity contribution >= 4 is 6.08 Å². The van der Waals surface area contributed by atoms with Crippen molar-refractivity contribution in [2.45, 2.75) is 6.92 Å². The van der Waals surface area contributed by atoms with E-state index in [0.717, 1.165) is 5.56 Å². The summed E-state index contributed by atoms with van der Waals surface area (Å²) in [5.41, 5.74) is 2.38. The normalized spacial score (nSPS) is 10.3. The molecule has 0 saturated carbocycles. The predicted molar refractivity (Wildman–Crippen MR) is 48.2 cm³/mol. The number of hydrogen-bond donors (Lipinski definition) is 0. The van der Waals surface area contributed by atoms with E-state index in [2.05, 4.69) is 18.5 Å². The van der Waals surface area contributed by atoms with Gasteiger partial charge in [0.2, 0.25) is 0 Å². The average Bonchev–Trinajstić information content (AvgIpc) is 2.03. The van der Waals surface area contributed by atoms with Crippen LogP contribution in [0.15, 0.2) is 37.2 Å². The lowest BCUT2D eigenvalue weighted by Crippen LogP contribution is -1.80. The summed E-state index contributed by atoms with van der Waals surface area (Å²) in [6.07, 6.45) is 9.29. The maximum Gasteiger partial charge on any atom is 0.0342 e. The van der Waals surface area contributed by atoms with Gasteiger partial charge in [0, 0.05) is 12.4 Å². The van der Waals surface area contributed by atoms with E-state index in [9.17, 15) is 0 Å². The highest BCUT2D eigenvalue weighted by Crippen LogP contribution is 2.06. The van der Waals surface area contributed by atoms with Gasteiger partial charge in [-0.1, -0.05) is 24.8 Å². The van der Waals surface area contributed by atoms with Gasteiger partial charge in [-0.25, -0.2) is 0 Å². The molecule has 0 amide bonds. The summed E-state index contributed by atoms with van der Waals surface area (Å²) in [4.78, 5) is 4.01. The summed E-state index contributed by atoms with van der Waals surface area (Å²) in [7, 11) is 0. The monoisotopic (exact) mass is 145 g/mol. The smallest absolute Gasteiger partial charge is 0.0342 e. The second-order valence-corrected chi connectivity index (χ2v) is 2.33. The molecule has 0 saturated heterocycles. The Hall–Kier alpha value is -1.37. The highest BCUT2D eigenvalue weighted by atomic mass is 14.6. The molecule has 0 aliphatic heterocycles. The molecule has 0 fully saturated rings. The highest BCUT2D eigenvalue weighted by molar-refractivity contribution is 5.53. The van der Waals surface area contributed by atoms with E-state index in [1.165, 1.54) is 5.56 Å². The van der Waals surface area contributed by atoms with Crippen molar-refractivity contribution in [1.29, 1.82) is 0 Å². The zero-order valence-electron chi connectivity index (χ0n) is 6.62. The second-order valence-electron chi connectivity index (χ2n) is 2.33. The second kappa shape index (κ2) is 3.71. The Labute approximate surface area is 67.1 Å². The van der Waals surface area contributed by atoms with Gasteiger partial charge in [0.05, 0.1) is 0 Å². The fourth-order valence-electron chi connectivity index (χ4n) is 0.822. The van der Waals surface area contributed by atoms with Crippen LogP contribution in [0.4, 0.5) is 0 Å². The van der Waals surface area contributed by atoms with Crippen LogP contribution in [0.2, 0.25) is 0 Å². The molecule has 0 aliphatic rings. The molecule has 0 spiro atoms. The van der Waals surface area contributed by atoms with Crippen LogP contribution in [-0.2, 0) is 0 Å². The third kappa shape index (κ3) is 2.04. The van der Waals surface area contributed by atoms with E-state index in [4.69, 9.17) is 0 Å². The Morgan fingerprint density at radius 3 is 3.00 bits per heavy atom. The van der Waals surface area contributed by atoms with Crippen LogP contribution in [0.5, 0.6) is 0 Å². The molecule has 0 bridgehead atoms. The number of aromatic nitrogens is 1. The summed E-state index contributed by atoms with van der Waals surface area (Å²) in [5, 5.41) is 0. The van der Waals surface area contributed by atoms with Gasteiger partial charge in [-0.15, -0.1) is 0 Å². The maximum atomic E-state index is 4.01. The average molecular weight is 145 g/mol. The van der Waals surface area contributed by atoms with Crippen molar-refractivity contribution in [1.82, 2.24) is 4.98 Å². The molecule has 56 valence electrons. The largest absolute Gasteiger partial charge is 0.264 e. The number of hydrogen-bond acceptors (Lipinski definition) is 1. The van der Waals surface area contributed by atoms with Crippen molar-refractivity contribution in [3.63, 3.8) is 0 Å². The zero-order chi connectivity index (χ0) is 8.10. The third-order valence-corrected chi connectivity index (χ3v) is 1.49. The minimum Gasteiger partial charge on any atom is -0.264 e. The number of allylic oxidation sites excluding steroid dienone is 2. The van der Waals surface area contributed by atoms with Crippen LogP contribution in [0.1, 0.15) is 11.1 Å². The molecular weight excluding hydrogens is 134 g/mol. The molecule has 1 rings (SSSR count). The quantitative estimate of drug-likeness (QED) is 0.583. The molecule has 11 heavy (non-hydrogen) atoms. The summed E-state index contributed by atoms with van der Waals surface area (Å²) >= 11 is 0. The van der Waals surface area contributed by atoms with Crippen LogP contribution in [0.25, 0.3) is 6.08 Å². The van der Waals surface area contributed by atoms with Crippen molar-refractivity contribution < 1.29 is 0 Å². The highest BCUT2D eigenvalue weighted by Gasteiger charge is 1.89. The van der Waals surface area contributed by atoms with E-state index in [1.807, 2.05) is 24.4 Å². The van der Waals surface area contributed by atoms with Crippen molar-refractivity contribution in [2.75, 3.05) is 0 Å². The van der Waals surface area contributed by atoms with Crippen LogP contribution in [0, 0.1) is 6.92 Å². The SMILES string of the molecule is C=C/C=C\c1cnccc1C. The van der Waals surface area contributed by atoms with Crippen molar-refractivity contribution in [3.05, 3.63) is 48.3 Å². The molecule has 1 aromatic rings. The van der Waals surface area contributed by atoms with Gasteiger partial charge in [0.25, 0.3) is 0 Å². The van der Waals surface area contributed by atoms with Crippen LogP contribution >= 0.6 is 0 Å². The molecule has 0 N–H and O–H groups in total. The van der Waals surface area contributed by atoms with Gasteiger partial charge in [-0.05, 0) is 24.1 Å². The summed E-state index contributed by atoms with van der Waals surface area (Å²) < 4.78 is 0. The van der Waals surface area contributed by atoms with Crippen LogP contribution in [0.3, 0.4) is 0 Å².